The molecule has 0 spiro atoms. The number of aromatic nitrogens is 2. The Morgan fingerprint density at radius 2 is 1.91 bits per heavy atom. The molecular formula is C24H17ClN4O2S. The summed E-state index contributed by atoms with van der Waals surface area (Å²) in [5.41, 5.74) is 2.75. The van der Waals surface area contributed by atoms with Crippen LogP contribution in [0.25, 0.3) is 16.6 Å². The van der Waals surface area contributed by atoms with Crippen LogP contribution in [0, 0.1) is 18.3 Å². The number of hydrogen-bond acceptors (Lipinski definition) is 5. The van der Waals surface area contributed by atoms with Crippen LogP contribution in [-0.2, 0) is 4.79 Å². The Morgan fingerprint density at radius 1 is 1.16 bits per heavy atom. The van der Waals surface area contributed by atoms with Gasteiger partial charge >= 0.3 is 0 Å². The van der Waals surface area contributed by atoms with Crippen molar-refractivity contribution in [2.24, 2.45) is 0 Å². The van der Waals surface area contributed by atoms with Gasteiger partial charge in [0.2, 0.25) is 5.91 Å². The smallest absolute Gasteiger partial charge is 0.266 e. The lowest BCUT2D eigenvalue weighted by molar-refractivity contribution is -0.113. The molecule has 0 bridgehead atoms. The van der Waals surface area contributed by atoms with Gasteiger partial charge in [-0.15, -0.1) is 0 Å². The molecule has 0 unspecified atom stereocenters. The van der Waals surface area contributed by atoms with Crippen LogP contribution in [0.1, 0.15) is 11.1 Å². The maximum atomic E-state index is 13.2. The van der Waals surface area contributed by atoms with Gasteiger partial charge in [0, 0.05) is 5.02 Å². The van der Waals surface area contributed by atoms with Crippen LogP contribution < -0.4 is 10.9 Å². The number of para-hydroxylation sites is 1. The molecule has 6 nitrogen and oxygen atoms in total. The van der Waals surface area contributed by atoms with Crippen LogP contribution in [-0.4, -0.2) is 21.2 Å². The van der Waals surface area contributed by atoms with Crippen molar-refractivity contribution in [3.05, 3.63) is 93.2 Å². The first kappa shape index (κ1) is 21.6. The van der Waals surface area contributed by atoms with E-state index in [-0.39, 0.29) is 17.2 Å². The monoisotopic (exact) mass is 460 g/mol. The largest absolute Gasteiger partial charge is 0.324 e. The zero-order valence-corrected chi connectivity index (χ0v) is 18.6. The van der Waals surface area contributed by atoms with Gasteiger partial charge in [0.05, 0.1) is 33.6 Å². The number of benzene rings is 3. The molecule has 1 amide bonds. The Balaban J connectivity index is 1.67. The highest BCUT2D eigenvalue weighted by atomic mass is 35.5. The van der Waals surface area contributed by atoms with Crippen molar-refractivity contribution >= 4 is 45.9 Å². The Hall–Kier alpha value is -3.60. The topological polar surface area (TPSA) is 87.8 Å². The van der Waals surface area contributed by atoms with E-state index in [4.69, 9.17) is 11.6 Å². The number of carbonyl (C=O) groups is 1. The maximum Gasteiger partial charge on any atom is 0.266 e. The van der Waals surface area contributed by atoms with Crippen molar-refractivity contribution in [1.29, 1.82) is 5.26 Å². The summed E-state index contributed by atoms with van der Waals surface area (Å²) in [4.78, 5) is 30.5. The molecule has 0 aliphatic rings. The van der Waals surface area contributed by atoms with E-state index in [1.54, 1.807) is 30.3 Å². The normalized spacial score (nSPS) is 10.7. The summed E-state index contributed by atoms with van der Waals surface area (Å²) in [6, 6.07) is 21.3. The summed E-state index contributed by atoms with van der Waals surface area (Å²) in [6.45, 7) is 1.97. The van der Waals surface area contributed by atoms with Crippen LogP contribution in [0.2, 0.25) is 5.02 Å². The minimum Gasteiger partial charge on any atom is -0.324 e. The second-order valence-corrected chi connectivity index (χ2v) is 8.41. The average molecular weight is 461 g/mol. The molecule has 0 saturated carbocycles. The number of rotatable bonds is 5. The third-order valence-electron chi connectivity index (χ3n) is 4.75. The molecule has 0 aliphatic carbocycles. The van der Waals surface area contributed by atoms with E-state index in [9.17, 15) is 14.9 Å². The first-order chi connectivity index (χ1) is 15.5. The lowest BCUT2D eigenvalue weighted by atomic mass is 10.2. The highest BCUT2D eigenvalue weighted by molar-refractivity contribution is 7.99. The standard InChI is InChI=1S/C24H17ClN4O2S/c1-15-6-10-18(11-7-15)29-23(31)19-4-2-3-5-20(19)28-24(29)32-14-22(30)27-21-12-17(25)9-8-16(21)13-26/h2-12H,14H2,1H3,(H,27,30). The van der Waals surface area contributed by atoms with E-state index in [2.05, 4.69) is 10.3 Å². The van der Waals surface area contributed by atoms with Crippen LogP contribution in [0.5, 0.6) is 0 Å². The van der Waals surface area contributed by atoms with Crippen LogP contribution in [0.4, 0.5) is 5.69 Å². The van der Waals surface area contributed by atoms with Gasteiger partial charge in [-0.05, 0) is 49.4 Å². The number of hydrogen-bond donors (Lipinski definition) is 1. The molecular weight excluding hydrogens is 444 g/mol. The molecule has 0 saturated heterocycles. The molecule has 0 radical (unpaired) electrons. The van der Waals surface area contributed by atoms with Crippen molar-refractivity contribution in [2.75, 3.05) is 11.1 Å². The molecule has 3 aromatic carbocycles. The Morgan fingerprint density at radius 3 is 2.66 bits per heavy atom. The predicted molar refractivity (Wildman–Crippen MR) is 128 cm³/mol. The number of anilines is 1. The summed E-state index contributed by atoms with van der Waals surface area (Å²) >= 11 is 7.13. The van der Waals surface area contributed by atoms with E-state index in [1.807, 2.05) is 43.3 Å². The molecule has 0 aliphatic heterocycles. The zero-order valence-electron chi connectivity index (χ0n) is 17.0. The van der Waals surface area contributed by atoms with E-state index in [1.165, 1.54) is 10.6 Å². The first-order valence-electron chi connectivity index (χ1n) is 9.67. The van der Waals surface area contributed by atoms with Gasteiger partial charge in [0.25, 0.3) is 5.56 Å². The van der Waals surface area contributed by atoms with Crippen molar-refractivity contribution in [1.82, 2.24) is 9.55 Å². The fourth-order valence-electron chi connectivity index (χ4n) is 3.16. The number of nitriles is 1. The van der Waals surface area contributed by atoms with Crippen molar-refractivity contribution in [2.45, 2.75) is 12.1 Å². The lowest BCUT2D eigenvalue weighted by Gasteiger charge is -2.13. The van der Waals surface area contributed by atoms with E-state index >= 15 is 0 Å². The average Bonchev–Trinajstić information content (AvgIpc) is 2.79. The Labute approximate surface area is 193 Å². The summed E-state index contributed by atoms with van der Waals surface area (Å²) < 4.78 is 1.51. The number of nitrogens with one attached hydrogen (secondary N) is 1. The molecule has 4 rings (SSSR count). The summed E-state index contributed by atoms with van der Waals surface area (Å²) in [7, 11) is 0. The molecule has 0 fully saturated rings. The van der Waals surface area contributed by atoms with Crippen LogP contribution in [0.15, 0.2) is 76.7 Å². The van der Waals surface area contributed by atoms with Gasteiger partial charge in [-0.1, -0.05) is 53.2 Å². The third kappa shape index (κ3) is 4.52. The number of amides is 1. The van der Waals surface area contributed by atoms with Gasteiger partial charge in [-0.3, -0.25) is 14.2 Å². The minimum absolute atomic E-state index is 0.00593. The number of fused-ring (bicyclic) bond motifs is 1. The number of aryl methyl sites for hydroxylation is 1. The van der Waals surface area contributed by atoms with Gasteiger partial charge < -0.3 is 5.32 Å². The second-order valence-electron chi connectivity index (χ2n) is 7.03. The van der Waals surface area contributed by atoms with Gasteiger partial charge in [0.15, 0.2) is 5.16 Å². The molecule has 1 heterocycles. The highest BCUT2D eigenvalue weighted by Crippen LogP contribution is 2.24. The molecule has 8 heteroatoms. The Bertz CT molecular complexity index is 1430. The highest BCUT2D eigenvalue weighted by Gasteiger charge is 2.15. The second kappa shape index (κ2) is 9.27. The van der Waals surface area contributed by atoms with Crippen molar-refractivity contribution in [3.8, 4) is 11.8 Å². The van der Waals surface area contributed by atoms with E-state index in [0.29, 0.717) is 38.0 Å². The van der Waals surface area contributed by atoms with Gasteiger partial charge in [-0.2, -0.15) is 5.26 Å². The zero-order chi connectivity index (χ0) is 22.7. The fourth-order valence-corrected chi connectivity index (χ4v) is 4.15. The van der Waals surface area contributed by atoms with E-state index < -0.39 is 0 Å². The molecule has 1 aromatic heterocycles. The fraction of sp³-hybridized carbons (Fsp3) is 0.0833. The number of carbonyl (C=O) groups excluding carboxylic acids is 1. The number of halogens is 1. The lowest BCUT2D eigenvalue weighted by Crippen LogP contribution is -2.23. The summed E-state index contributed by atoms with van der Waals surface area (Å²) in [6.07, 6.45) is 0. The van der Waals surface area contributed by atoms with Crippen molar-refractivity contribution < 1.29 is 4.79 Å². The number of nitrogens with zero attached hydrogens (tertiary/aromatic N) is 3. The SMILES string of the molecule is Cc1ccc(-n2c(SCC(=O)Nc3cc(Cl)ccc3C#N)nc3ccccc3c2=O)cc1. The molecule has 32 heavy (non-hydrogen) atoms. The summed E-state index contributed by atoms with van der Waals surface area (Å²) in [5.74, 6) is -0.347. The van der Waals surface area contributed by atoms with E-state index in [0.717, 1.165) is 17.3 Å². The predicted octanol–water partition coefficient (Wildman–Crippen LogP) is 4.95. The third-order valence-corrected chi connectivity index (χ3v) is 5.92. The van der Waals surface area contributed by atoms with Crippen molar-refractivity contribution in [3.63, 3.8) is 0 Å². The minimum atomic E-state index is -0.341. The molecule has 0 atom stereocenters. The van der Waals surface area contributed by atoms with Gasteiger partial charge in [-0.25, -0.2) is 4.98 Å². The first-order valence-corrected chi connectivity index (χ1v) is 11.0. The molecule has 158 valence electrons. The van der Waals surface area contributed by atoms with Crippen LogP contribution in [0.3, 0.4) is 0 Å². The summed E-state index contributed by atoms with van der Waals surface area (Å²) in [5, 5.41) is 13.3. The Kier molecular flexibility index (Phi) is 6.26. The van der Waals surface area contributed by atoms with Crippen LogP contribution >= 0.6 is 23.4 Å². The van der Waals surface area contributed by atoms with Gasteiger partial charge in [0.1, 0.15) is 6.07 Å². The molecule has 1 N–H and O–H groups in total. The quantitative estimate of drug-likeness (QED) is 0.336. The number of thioether (sulfide) groups is 1. The maximum absolute atomic E-state index is 13.2. The molecule has 4 aromatic rings.